The van der Waals surface area contributed by atoms with Gasteiger partial charge in [-0.05, 0) is 45.2 Å². The van der Waals surface area contributed by atoms with E-state index < -0.39 is 28.6 Å². The molecule has 0 bridgehead atoms. The zero-order chi connectivity index (χ0) is 20.2. The molecule has 1 aromatic heterocycles. The first-order valence-corrected chi connectivity index (χ1v) is 9.55. The van der Waals surface area contributed by atoms with Crippen LogP contribution in [-0.4, -0.2) is 41.8 Å². The van der Waals surface area contributed by atoms with Crippen molar-refractivity contribution in [2.75, 3.05) is 25.0 Å². The summed E-state index contributed by atoms with van der Waals surface area (Å²) in [6, 6.07) is 1.15. The van der Waals surface area contributed by atoms with E-state index in [1.165, 1.54) is 10.8 Å². The number of hydrogen-bond donors (Lipinski definition) is 2. The third-order valence-electron chi connectivity index (χ3n) is 6.06. The second-order valence-electron chi connectivity index (χ2n) is 7.80. The van der Waals surface area contributed by atoms with Crippen molar-refractivity contribution >= 4 is 22.6 Å². The molecule has 1 aliphatic carbocycles. The zero-order valence-electron chi connectivity index (χ0n) is 15.8. The van der Waals surface area contributed by atoms with Gasteiger partial charge in [0.15, 0.2) is 5.82 Å². The minimum Gasteiger partial charge on any atom is -0.477 e. The number of benzene rings is 1. The number of halogens is 2. The van der Waals surface area contributed by atoms with E-state index in [1.807, 2.05) is 14.0 Å². The number of aromatic nitrogens is 1. The lowest BCUT2D eigenvalue weighted by molar-refractivity contribution is 0.0695. The molecule has 1 saturated heterocycles. The highest BCUT2D eigenvalue weighted by Crippen LogP contribution is 2.40. The molecule has 0 radical (unpaired) electrons. The SMILES string of the molecule is CN[C@@H](C)[C@@H]1CCN(c2c(F)cc3c(=O)c(C(=O)O)cn(C4CC4)c3c2F)C1. The van der Waals surface area contributed by atoms with Crippen molar-refractivity contribution in [3.63, 3.8) is 0 Å². The van der Waals surface area contributed by atoms with Gasteiger partial charge in [0.25, 0.3) is 0 Å². The Labute approximate surface area is 160 Å². The fraction of sp³-hybridized carbons (Fsp3) is 0.500. The van der Waals surface area contributed by atoms with Gasteiger partial charge >= 0.3 is 5.97 Å². The summed E-state index contributed by atoms with van der Waals surface area (Å²) in [5.41, 5.74) is -1.45. The lowest BCUT2D eigenvalue weighted by Crippen LogP contribution is -2.33. The van der Waals surface area contributed by atoms with Crippen molar-refractivity contribution in [2.45, 2.75) is 38.3 Å². The third-order valence-corrected chi connectivity index (χ3v) is 6.06. The Morgan fingerprint density at radius 1 is 1.32 bits per heavy atom. The number of fused-ring (bicyclic) bond motifs is 1. The molecule has 0 unspecified atom stereocenters. The van der Waals surface area contributed by atoms with Crippen LogP contribution in [0.1, 0.15) is 42.6 Å². The van der Waals surface area contributed by atoms with Crippen molar-refractivity contribution in [2.24, 2.45) is 5.92 Å². The minimum atomic E-state index is -1.39. The van der Waals surface area contributed by atoms with Crippen molar-refractivity contribution in [1.29, 1.82) is 0 Å². The van der Waals surface area contributed by atoms with Crippen LogP contribution in [0.15, 0.2) is 17.1 Å². The summed E-state index contributed by atoms with van der Waals surface area (Å²) in [6.07, 6.45) is 3.56. The fourth-order valence-electron chi connectivity index (χ4n) is 4.15. The van der Waals surface area contributed by atoms with Crippen LogP contribution in [-0.2, 0) is 0 Å². The zero-order valence-corrected chi connectivity index (χ0v) is 15.8. The summed E-state index contributed by atoms with van der Waals surface area (Å²) in [5.74, 6) is -2.74. The van der Waals surface area contributed by atoms with E-state index in [4.69, 9.17) is 0 Å². The molecule has 1 aliphatic heterocycles. The van der Waals surface area contributed by atoms with Gasteiger partial charge in [0.1, 0.15) is 17.1 Å². The molecule has 4 rings (SSSR count). The molecule has 2 atom stereocenters. The van der Waals surface area contributed by atoms with Gasteiger partial charge in [-0.3, -0.25) is 4.79 Å². The predicted molar refractivity (Wildman–Crippen MR) is 102 cm³/mol. The maximum atomic E-state index is 15.5. The molecule has 1 saturated carbocycles. The van der Waals surface area contributed by atoms with Gasteiger partial charge in [0.05, 0.1) is 10.9 Å². The van der Waals surface area contributed by atoms with Crippen LogP contribution in [0.25, 0.3) is 10.9 Å². The topological polar surface area (TPSA) is 74.6 Å². The van der Waals surface area contributed by atoms with Crippen LogP contribution < -0.4 is 15.6 Å². The number of anilines is 1. The number of rotatable bonds is 5. The number of pyridine rings is 1. The quantitative estimate of drug-likeness (QED) is 0.820. The van der Waals surface area contributed by atoms with Crippen LogP contribution in [0, 0.1) is 17.6 Å². The molecule has 150 valence electrons. The van der Waals surface area contributed by atoms with Crippen molar-refractivity contribution in [1.82, 2.24) is 9.88 Å². The number of carbonyl (C=O) groups is 1. The average molecular weight is 391 g/mol. The Morgan fingerprint density at radius 2 is 2.04 bits per heavy atom. The number of aromatic carboxylic acids is 1. The van der Waals surface area contributed by atoms with Gasteiger partial charge in [0, 0.05) is 31.4 Å². The van der Waals surface area contributed by atoms with E-state index in [9.17, 15) is 19.1 Å². The molecule has 6 nitrogen and oxygen atoms in total. The normalized spacial score (nSPS) is 20.7. The maximum Gasteiger partial charge on any atom is 0.341 e. The van der Waals surface area contributed by atoms with E-state index in [-0.39, 0.29) is 34.6 Å². The van der Waals surface area contributed by atoms with Gasteiger partial charge in [-0.2, -0.15) is 0 Å². The minimum absolute atomic E-state index is 0.000912. The molecule has 28 heavy (non-hydrogen) atoms. The first-order valence-electron chi connectivity index (χ1n) is 9.55. The van der Waals surface area contributed by atoms with E-state index in [0.29, 0.717) is 13.1 Å². The Balaban J connectivity index is 1.89. The Morgan fingerprint density at radius 3 is 2.64 bits per heavy atom. The van der Waals surface area contributed by atoms with Crippen LogP contribution in [0.5, 0.6) is 0 Å². The van der Waals surface area contributed by atoms with Gasteiger partial charge in [-0.25, -0.2) is 13.6 Å². The largest absolute Gasteiger partial charge is 0.477 e. The predicted octanol–water partition coefficient (Wildman–Crippen LogP) is 2.75. The highest BCUT2D eigenvalue weighted by atomic mass is 19.1. The fourth-order valence-corrected chi connectivity index (χ4v) is 4.15. The number of carboxylic acid groups (broad SMARTS) is 1. The molecule has 2 fully saturated rings. The van der Waals surface area contributed by atoms with E-state index in [1.54, 1.807) is 4.90 Å². The van der Waals surface area contributed by atoms with Crippen molar-refractivity contribution in [3.8, 4) is 0 Å². The summed E-state index contributed by atoms with van der Waals surface area (Å²) >= 11 is 0. The molecular formula is C20H23F2N3O3. The van der Waals surface area contributed by atoms with Crippen molar-refractivity contribution < 1.29 is 18.7 Å². The lowest BCUT2D eigenvalue weighted by atomic mass is 10.0. The average Bonchev–Trinajstić information content (AvgIpc) is 3.39. The first kappa shape index (κ1) is 18.9. The summed E-state index contributed by atoms with van der Waals surface area (Å²) in [5, 5.41) is 12.3. The molecule has 2 aliphatic rings. The standard InChI is InChI=1S/C20H23F2N3O3/c1-10(23-2)11-5-6-24(8-11)18-15(21)7-13-17(16(18)22)25(12-3-4-12)9-14(19(13)26)20(27)28/h7,9-12,23H,3-6,8H2,1-2H3,(H,27,28)/t10-,11+/m0/s1. The monoisotopic (exact) mass is 391 g/mol. The highest BCUT2D eigenvalue weighted by molar-refractivity contribution is 5.94. The van der Waals surface area contributed by atoms with Gasteiger partial charge in [0.2, 0.25) is 5.43 Å². The van der Waals surface area contributed by atoms with Crippen LogP contribution in [0.3, 0.4) is 0 Å². The summed E-state index contributed by atoms with van der Waals surface area (Å²) in [4.78, 5) is 25.6. The Kier molecular flexibility index (Phi) is 4.61. The Hall–Kier alpha value is -2.48. The number of nitrogens with one attached hydrogen (secondary N) is 1. The molecule has 2 N–H and O–H groups in total. The first-order chi connectivity index (χ1) is 13.3. The lowest BCUT2D eigenvalue weighted by Gasteiger charge is -2.24. The second kappa shape index (κ2) is 6.84. The molecule has 1 aromatic carbocycles. The van der Waals surface area contributed by atoms with Gasteiger partial charge < -0.3 is 19.9 Å². The molecule has 2 aromatic rings. The van der Waals surface area contributed by atoms with E-state index >= 15 is 4.39 Å². The number of hydrogen-bond acceptors (Lipinski definition) is 4. The molecule has 0 spiro atoms. The third kappa shape index (κ3) is 2.96. The number of nitrogens with zero attached hydrogens (tertiary/aromatic N) is 2. The second-order valence-corrected chi connectivity index (χ2v) is 7.80. The van der Waals surface area contributed by atoms with Gasteiger partial charge in [-0.15, -0.1) is 0 Å². The highest BCUT2D eigenvalue weighted by Gasteiger charge is 2.33. The number of carboxylic acids is 1. The summed E-state index contributed by atoms with van der Waals surface area (Å²) in [7, 11) is 1.86. The van der Waals surface area contributed by atoms with Crippen LogP contribution >= 0.6 is 0 Å². The van der Waals surface area contributed by atoms with E-state index in [0.717, 1.165) is 25.3 Å². The smallest absolute Gasteiger partial charge is 0.341 e. The molecule has 0 amide bonds. The van der Waals surface area contributed by atoms with E-state index in [2.05, 4.69) is 5.32 Å². The van der Waals surface area contributed by atoms with Crippen molar-refractivity contribution in [3.05, 3.63) is 39.7 Å². The van der Waals surface area contributed by atoms with Gasteiger partial charge in [-0.1, -0.05) is 0 Å². The maximum absolute atomic E-state index is 15.5. The summed E-state index contributed by atoms with van der Waals surface area (Å²) < 4.78 is 32.0. The molecular weight excluding hydrogens is 368 g/mol. The molecule has 2 heterocycles. The van der Waals surface area contributed by atoms with Crippen LogP contribution in [0.2, 0.25) is 0 Å². The van der Waals surface area contributed by atoms with Crippen LogP contribution in [0.4, 0.5) is 14.5 Å². The molecule has 8 heteroatoms. The Bertz CT molecular complexity index is 1020. The summed E-state index contributed by atoms with van der Waals surface area (Å²) in [6.45, 7) is 3.08.